The second-order valence-corrected chi connectivity index (χ2v) is 10.5. The summed E-state index contributed by atoms with van der Waals surface area (Å²) < 4.78 is 12.0. The van der Waals surface area contributed by atoms with Gasteiger partial charge >= 0.3 is 0 Å². The molecule has 1 aliphatic rings. The van der Waals surface area contributed by atoms with E-state index in [9.17, 15) is 9.59 Å². The third-order valence-electron chi connectivity index (χ3n) is 5.64. The molecule has 1 saturated heterocycles. The molecule has 1 aliphatic heterocycles. The first-order valence-electron chi connectivity index (χ1n) is 11.6. The number of allylic oxidation sites excluding steroid dienone is 1. The van der Waals surface area contributed by atoms with E-state index in [1.54, 1.807) is 43.5 Å². The molecular formula is C29H25ClN2O4S2. The molecule has 0 unspecified atom stereocenters. The molecule has 0 spiro atoms. The van der Waals surface area contributed by atoms with Gasteiger partial charge in [0.1, 0.15) is 6.61 Å². The van der Waals surface area contributed by atoms with Gasteiger partial charge in [0, 0.05) is 5.56 Å². The Kier molecular flexibility index (Phi) is 8.89. The average Bonchev–Trinajstić information content (AvgIpc) is 3.15. The fourth-order valence-corrected chi connectivity index (χ4v) is 5.30. The van der Waals surface area contributed by atoms with E-state index < -0.39 is 11.8 Å². The zero-order valence-corrected chi connectivity index (χ0v) is 23.2. The smallest absolute Gasteiger partial charge is 0.285 e. The normalized spacial score (nSPS) is 14.1. The number of nitrogens with one attached hydrogen (secondary N) is 1. The van der Waals surface area contributed by atoms with Gasteiger partial charge in [0.05, 0.1) is 22.6 Å². The topological polar surface area (TPSA) is 67.9 Å². The van der Waals surface area contributed by atoms with E-state index in [0.717, 1.165) is 39.0 Å². The molecule has 4 rings (SSSR count). The van der Waals surface area contributed by atoms with Crippen molar-refractivity contribution in [1.29, 1.82) is 0 Å². The summed E-state index contributed by atoms with van der Waals surface area (Å²) in [7, 11) is 1.57. The molecule has 9 heteroatoms. The number of nitrogens with zero attached hydrogens (tertiary/aromatic N) is 1. The molecular weight excluding hydrogens is 540 g/mol. The Hall–Kier alpha value is -3.59. The van der Waals surface area contributed by atoms with Gasteiger partial charge in [-0.15, -0.1) is 6.58 Å². The van der Waals surface area contributed by atoms with Crippen molar-refractivity contribution in [1.82, 2.24) is 10.4 Å². The number of aryl methyl sites for hydroxylation is 1. The zero-order valence-electron chi connectivity index (χ0n) is 20.8. The number of hydrogen-bond acceptors (Lipinski definition) is 6. The number of halogens is 1. The van der Waals surface area contributed by atoms with E-state index in [-0.39, 0.29) is 9.88 Å². The van der Waals surface area contributed by atoms with Gasteiger partial charge in [-0.25, -0.2) is 0 Å². The van der Waals surface area contributed by atoms with E-state index in [1.165, 1.54) is 0 Å². The molecule has 0 bridgehead atoms. The Bertz CT molecular complexity index is 1440. The van der Waals surface area contributed by atoms with Crippen LogP contribution >= 0.6 is 35.6 Å². The second-order valence-electron chi connectivity index (χ2n) is 8.42. The fraction of sp³-hybridized carbons (Fsp3) is 0.138. The standard InChI is InChI=1S/C29H25ClN2O4S2/c1-4-8-21-14-20(15-24(35-3)26(21)36-17-19-9-6-5-7-10-19)16-25-28(34)32(29(37)38-25)31-27(33)22-12-11-18(2)13-23(22)30/h4-7,9-16H,1,8,17H2,2-3H3,(H,31,33)/b25-16-. The molecule has 0 radical (unpaired) electrons. The van der Waals surface area contributed by atoms with Crippen molar-refractivity contribution in [2.24, 2.45) is 0 Å². The van der Waals surface area contributed by atoms with Gasteiger partial charge in [0.25, 0.3) is 11.8 Å². The van der Waals surface area contributed by atoms with Gasteiger partial charge < -0.3 is 9.47 Å². The highest BCUT2D eigenvalue weighted by Gasteiger charge is 2.34. The van der Waals surface area contributed by atoms with Gasteiger partial charge in [-0.1, -0.05) is 65.8 Å². The minimum Gasteiger partial charge on any atom is -0.493 e. The van der Waals surface area contributed by atoms with E-state index in [0.29, 0.717) is 34.5 Å². The van der Waals surface area contributed by atoms with Crippen molar-refractivity contribution in [3.05, 3.63) is 111 Å². The SMILES string of the molecule is C=CCc1cc(/C=C2\SC(=S)N(NC(=O)c3ccc(C)cc3Cl)C2=O)cc(OC)c1OCc1ccccc1. The summed E-state index contributed by atoms with van der Waals surface area (Å²) in [6.07, 6.45) is 4.02. The van der Waals surface area contributed by atoms with Gasteiger partial charge in [0.15, 0.2) is 15.8 Å². The lowest BCUT2D eigenvalue weighted by Gasteiger charge is -2.16. The molecule has 2 amide bonds. The summed E-state index contributed by atoms with van der Waals surface area (Å²) >= 11 is 12.7. The number of rotatable bonds is 9. The van der Waals surface area contributed by atoms with Crippen LogP contribution in [0.15, 0.2) is 78.2 Å². The van der Waals surface area contributed by atoms with Crippen LogP contribution in [0.2, 0.25) is 5.02 Å². The number of thiocarbonyl (C=S) groups is 1. The van der Waals surface area contributed by atoms with Crippen molar-refractivity contribution < 1.29 is 19.1 Å². The maximum Gasteiger partial charge on any atom is 0.285 e. The van der Waals surface area contributed by atoms with Gasteiger partial charge in [0.2, 0.25) is 0 Å². The summed E-state index contributed by atoms with van der Waals surface area (Å²) in [5, 5.41) is 1.35. The summed E-state index contributed by atoms with van der Waals surface area (Å²) in [5.41, 5.74) is 6.35. The maximum absolute atomic E-state index is 13.1. The van der Waals surface area contributed by atoms with Crippen molar-refractivity contribution in [3.8, 4) is 11.5 Å². The second kappa shape index (κ2) is 12.3. The van der Waals surface area contributed by atoms with E-state index in [2.05, 4.69) is 12.0 Å². The van der Waals surface area contributed by atoms with Crippen LogP contribution in [-0.2, 0) is 17.8 Å². The highest BCUT2D eigenvalue weighted by Crippen LogP contribution is 2.37. The fourth-order valence-electron chi connectivity index (χ4n) is 3.80. The number of benzene rings is 3. The number of hydrazine groups is 1. The van der Waals surface area contributed by atoms with Gasteiger partial charge in [-0.3, -0.25) is 15.0 Å². The van der Waals surface area contributed by atoms with E-state index in [1.807, 2.05) is 43.3 Å². The van der Waals surface area contributed by atoms with Crippen LogP contribution in [0.4, 0.5) is 0 Å². The van der Waals surface area contributed by atoms with Gasteiger partial charge in [-0.2, -0.15) is 5.01 Å². The number of hydrogen-bond donors (Lipinski definition) is 1. The van der Waals surface area contributed by atoms with Gasteiger partial charge in [-0.05, 0) is 72.6 Å². The molecule has 0 atom stereocenters. The summed E-state index contributed by atoms with van der Waals surface area (Å²) in [4.78, 5) is 26.3. The molecule has 38 heavy (non-hydrogen) atoms. The Balaban J connectivity index is 1.57. The number of carbonyl (C=O) groups is 2. The Morgan fingerprint density at radius 3 is 2.63 bits per heavy atom. The average molecular weight is 565 g/mol. The Morgan fingerprint density at radius 1 is 1.18 bits per heavy atom. The third-order valence-corrected chi connectivity index (χ3v) is 7.25. The molecule has 0 aromatic heterocycles. The monoisotopic (exact) mass is 564 g/mol. The Morgan fingerprint density at radius 2 is 1.95 bits per heavy atom. The largest absolute Gasteiger partial charge is 0.493 e. The molecule has 6 nitrogen and oxygen atoms in total. The van der Waals surface area contributed by atoms with Crippen LogP contribution in [0.3, 0.4) is 0 Å². The third kappa shape index (κ3) is 6.27. The molecule has 0 aliphatic carbocycles. The molecule has 194 valence electrons. The molecule has 1 N–H and O–H groups in total. The number of amides is 2. The first kappa shape index (κ1) is 27.4. The number of carbonyl (C=O) groups excluding carboxylic acids is 2. The number of thioether (sulfide) groups is 1. The summed E-state index contributed by atoms with van der Waals surface area (Å²) in [6, 6.07) is 18.6. The molecule has 3 aromatic rings. The van der Waals surface area contributed by atoms with E-state index in [4.69, 9.17) is 33.3 Å². The van der Waals surface area contributed by atoms with Crippen molar-refractivity contribution in [2.45, 2.75) is 20.0 Å². The maximum atomic E-state index is 13.1. The predicted octanol–water partition coefficient (Wildman–Crippen LogP) is 6.51. The lowest BCUT2D eigenvalue weighted by molar-refractivity contribution is -0.123. The summed E-state index contributed by atoms with van der Waals surface area (Å²) in [6.45, 7) is 6.11. The first-order chi connectivity index (χ1) is 18.3. The quantitative estimate of drug-likeness (QED) is 0.181. The lowest BCUT2D eigenvalue weighted by Crippen LogP contribution is -2.44. The number of methoxy groups -OCH3 is 1. The highest BCUT2D eigenvalue weighted by molar-refractivity contribution is 8.26. The van der Waals surface area contributed by atoms with Crippen LogP contribution in [0, 0.1) is 6.92 Å². The minimum atomic E-state index is -0.526. The molecule has 1 fully saturated rings. The lowest BCUT2D eigenvalue weighted by atomic mass is 10.0. The van der Waals surface area contributed by atoms with Crippen LogP contribution in [0.25, 0.3) is 6.08 Å². The van der Waals surface area contributed by atoms with Crippen molar-refractivity contribution in [3.63, 3.8) is 0 Å². The van der Waals surface area contributed by atoms with Crippen LogP contribution in [0.5, 0.6) is 11.5 Å². The zero-order chi connectivity index (χ0) is 27.2. The predicted molar refractivity (Wildman–Crippen MR) is 156 cm³/mol. The van der Waals surface area contributed by atoms with Crippen LogP contribution in [-0.4, -0.2) is 28.3 Å². The summed E-state index contributed by atoms with van der Waals surface area (Å²) in [5.74, 6) is 0.181. The minimum absolute atomic E-state index is 0.207. The van der Waals surface area contributed by atoms with Crippen LogP contribution in [0.1, 0.15) is 32.6 Å². The number of ether oxygens (including phenoxy) is 2. The molecule has 1 heterocycles. The van der Waals surface area contributed by atoms with E-state index >= 15 is 0 Å². The highest BCUT2D eigenvalue weighted by atomic mass is 35.5. The van der Waals surface area contributed by atoms with Crippen molar-refractivity contribution >= 4 is 57.8 Å². The molecule has 3 aromatic carbocycles. The van der Waals surface area contributed by atoms with Crippen LogP contribution < -0.4 is 14.9 Å². The molecule has 0 saturated carbocycles. The van der Waals surface area contributed by atoms with Crippen molar-refractivity contribution in [2.75, 3.05) is 7.11 Å². The first-order valence-corrected chi connectivity index (χ1v) is 13.2. The Labute approximate surface area is 236 Å².